The minimum absolute atomic E-state index is 0.132. The van der Waals surface area contributed by atoms with Crippen molar-refractivity contribution in [1.82, 2.24) is 15.1 Å². The quantitative estimate of drug-likeness (QED) is 0.811. The summed E-state index contributed by atoms with van der Waals surface area (Å²) in [5.74, 6) is 0.132. The third-order valence-corrected chi connectivity index (χ3v) is 4.38. The van der Waals surface area contributed by atoms with E-state index in [1.54, 1.807) is 18.0 Å². The number of carbonyl (C=O) groups excluding carboxylic acids is 1. The molecule has 0 amide bonds. The van der Waals surface area contributed by atoms with Gasteiger partial charge in [0.1, 0.15) is 5.69 Å². The standard InChI is InChI=1S/C13H20BrN3O2/c1-3-13(5-4-6-15-13)12(18)11-10(14)9-16-17(11)7-8-19-2/h9,15H,3-8H2,1-2H3. The lowest BCUT2D eigenvalue weighted by Gasteiger charge is -2.26. The molecule has 0 saturated carbocycles. The summed E-state index contributed by atoms with van der Waals surface area (Å²) in [6.07, 6.45) is 4.42. The van der Waals surface area contributed by atoms with Gasteiger partial charge in [-0.1, -0.05) is 6.92 Å². The molecule has 5 nitrogen and oxygen atoms in total. The van der Waals surface area contributed by atoms with Crippen LogP contribution in [0.5, 0.6) is 0 Å². The van der Waals surface area contributed by atoms with Gasteiger partial charge in [-0.15, -0.1) is 0 Å². The van der Waals surface area contributed by atoms with Gasteiger partial charge in [-0.05, 0) is 41.7 Å². The summed E-state index contributed by atoms with van der Waals surface area (Å²) in [6.45, 7) is 4.09. The van der Waals surface area contributed by atoms with E-state index in [4.69, 9.17) is 4.74 Å². The van der Waals surface area contributed by atoms with Crippen LogP contribution in [0.3, 0.4) is 0 Å². The minimum Gasteiger partial charge on any atom is -0.383 e. The van der Waals surface area contributed by atoms with E-state index in [9.17, 15) is 4.79 Å². The van der Waals surface area contributed by atoms with Crippen LogP contribution in [0.25, 0.3) is 0 Å². The molecule has 1 aromatic heterocycles. The zero-order valence-electron chi connectivity index (χ0n) is 11.4. The highest BCUT2D eigenvalue weighted by Crippen LogP contribution is 2.30. The molecule has 1 aliphatic rings. The summed E-state index contributed by atoms with van der Waals surface area (Å²) in [7, 11) is 1.64. The van der Waals surface area contributed by atoms with Gasteiger partial charge in [-0.3, -0.25) is 9.48 Å². The first-order valence-corrected chi connectivity index (χ1v) is 7.44. The average Bonchev–Trinajstić information content (AvgIpc) is 3.03. The second-order valence-electron chi connectivity index (χ2n) is 4.85. The number of nitrogens with one attached hydrogen (secondary N) is 1. The topological polar surface area (TPSA) is 56.2 Å². The second-order valence-corrected chi connectivity index (χ2v) is 5.71. The summed E-state index contributed by atoms with van der Waals surface area (Å²) in [5, 5.41) is 7.63. The molecule has 1 aliphatic heterocycles. The van der Waals surface area contributed by atoms with Crippen LogP contribution in [0, 0.1) is 0 Å². The van der Waals surface area contributed by atoms with Crippen molar-refractivity contribution in [2.24, 2.45) is 0 Å². The van der Waals surface area contributed by atoms with Crippen LogP contribution >= 0.6 is 15.9 Å². The Balaban J connectivity index is 2.29. The molecule has 0 spiro atoms. The highest BCUT2D eigenvalue weighted by atomic mass is 79.9. The zero-order chi connectivity index (χ0) is 13.9. The van der Waals surface area contributed by atoms with Gasteiger partial charge in [0.05, 0.1) is 29.4 Å². The summed E-state index contributed by atoms with van der Waals surface area (Å²) in [6, 6.07) is 0. The van der Waals surface area contributed by atoms with Crippen molar-refractivity contribution in [3.05, 3.63) is 16.4 Å². The van der Waals surface area contributed by atoms with E-state index in [1.165, 1.54) is 0 Å². The molecule has 1 fully saturated rings. The van der Waals surface area contributed by atoms with Gasteiger partial charge in [0.15, 0.2) is 0 Å². The van der Waals surface area contributed by atoms with Gasteiger partial charge in [0, 0.05) is 7.11 Å². The fourth-order valence-electron chi connectivity index (χ4n) is 2.62. The molecule has 0 aliphatic carbocycles. The van der Waals surface area contributed by atoms with Gasteiger partial charge < -0.3 is 10.1 Å². The molecular formula is C13H20BrN3O2. The van der Waals surface area contributed by atoms with Crippen LogP contribution in [0.1, 0.15) is 36.7 Å². The van der Waals surface area contributed by atoms with E-state index in [-0.39, 0.29) is 5.78 Å². The van der Waals surface area contributed by atoms with E-state index in [1.807, 2.05) is 0 Å². The average molecular weight is 330 g/mol. The number of Topliss-reactive ketones (excluding diaryl/α,β-unsaturated/α-hetero) is 1. The van der Waals surface area contributed by atoms with E-state index >= 15 is 0 Å². The largest absolute Gasteiger partial charge is 0.383 e. The Hall–Kier alpha value is -0.720. The molecule has 1 aromatic rings. The van der Waals surface area contributed by atoms with Crippen molar-refractivity contribution in [3.63, 3.8) is 0 Å². The molecule has 2 rings (SSSR count). The summed E-state index contributed by atoms with van der Waals surface area (Å²) in [4.78, 5) is 12.9. The number of ether oxygens (including phenoxy) is 1. The Labute approximate surface area is 121 Å². The van der Waals surface area contributed by atoms with Gasteiger partial charge >= 0.3 is 0 Å². The number of hydrogen-bond donors (Lipinski definition) is 1. The van der Waals surface area contributed by atoms with Gasteiger partial charge in [0.2, 0.25) is 5.78 Å². The highest BCUT2D eigenvalue weighted by molar-refractivity contribution is 9.10. The number of halogens is 1. The van der Waals surface area contributed by atoms with Crippen LogP contribution in [0.15, 0.2) is 10.7 Å². The lowest BCUT2D eigenvalue weighted by Crippen LogP contribution is -2.47. The molecule has 6 heteroatoms. The van der Waals surface area contributed by atoms with E-state index in [2.05, 4.69) is 33.3 Å². The molecule has 1 atom stereocenters. The van der Waals surface area contributed by atoms with E-state index in [0.29, 0.717) is 18.8 Å². The summed E-state index contributed by atoms with van der Waals surface area (Å²) >= 11 is 3.44. The first kappa shape index (κ1) is 14.7. The molecule has 1 unspecified atom stereocenters. The minimum atomic E-state index is -0.423. The maximum absolute atomic E-state index is 12.9. The monoisotopic (exact) mass is 329 g/mol. The van der Waals surface area contributed by atoms with Crippen molar-refractivity contribution < 1.29 is 9.53 Å². The Bertz CT molecular complexity index is 453. The highest BCUT2D eigenvalue weighted by Gasteiger charge is 2.41. The molecule has 0 radical (unpaired) electrons. The fraction of sp³-hybridized carbons (Fsp3) is 0.692. The molecule has 1 N–H and O–H groups in total. The van der Waals surface area contributed by atoms with Crippen LogP contribution in [0.4, 0.5) is 0 Å². The zero-order valence-corrected chi connectivity index (χ0v) is 13.0. The number of carbonyl (C=O) groups is 1. The van der Waals surface area contributed by atoms with Crippen LogP contribution < -0.4 is 5.32 Å². The van der Waals surface area contributed by atoms with Gasteiger partial charge in [0.25, 0.3) is 0 Å². The summed E-state index contributed by atoms with van der Waals surface area (Å²) in [5.41, 5.74) is 0.223. The van der Waals surface area contributed by atoms with Gasteiger partial charge in [-0.2, -0.15) is 5.10 Å². The first-order valence-electron chi connectivity index (χ1n) is 6.64. The fourth-order valence-corrected chi connectivity index (χ4v) is 3.10. The summed E-state index contributed by atoms with van der Waals surface area (Å²) < 4.78 is 7.55. The maximum atomic E-state index is 12.9. The normalized spacial score (nSPS) is 22.9. The molecule has 0 aromatic carbocycles. The number of methoxy groups -OCH3 is 1. The number of hydrogen-bond acceptors (Lipinski definition) is 4. The molecule has 1 saturated heterocycles. The number of ketones is 1. The Morgan fingerprint density at radius 2 is 2.47 bits per heavy atom. The predicted octanol–water partition coefficient (Wildman–Crippen LogP) is 2.01. The molecular weight excluding hydrogens is 310 g/mol. The third-order valence-electron chi connectivity index (χ3n) is 3.80. The molecule has 106 valence electrons. The SMILES string of the molecule is CCC1(C(=O)c2c(Br)cnn2CCOC)CCCN1. The van der Waals surface area contributed by atoms with E-state index in [0.717, 1.165) is 30.3 Å². The molecule has 2 heterocycles. The third kappa shape index (κ3) is 2.75. The predicted molar refractivity (Wildman–Crippen MR) is 76.4 cm³/mol. The maximum Gasteiger partial charge on any atom is 0.201 e. The lowest BCUT2D eigenvalue weighted by molar-refractivity contribution is 0.0848. The van der Waals surface area contributed by atoms with Crippen molar-refractivity contribution in [2.45, 2.75) is 38.3 Å². The van der Waals surface area contributed by atoms with Crippen molar-refractivity contribution in [3.8, 4) is 0 Å². The molecule has 0 bridgehead atoms. The number of aromatic nitrogens is 2. The Kier molecular flexibility index (Phi) is 4.76. The lowest BCUT2D eigenvalue weighted by atomic mass is 9.87. The Morgan fingerprint density at radius 1 is 1.68 bits per heavy atom. The van der Waals surface area contributed by atoms with Crippen molar-refractivity contribution in [2.75, 3.05) is 20.3 Å². The smallest absolute Gasteiger partial charge is 0.201 e. The Morgan fingerprint density at radius 3 is 3.05 bits per heavy atom. The van der Waals surface area contributed by atoms with E-state index < -0.39 is 5.54 Å². The van der Waals surface area contributed by atoms with Gasteiger partial charge in [-0.25, -0.2) is 0 Å². The van der Waals surface area contributed by atoms with Crippen molar-refractivity contribution >= 4 is 21.7 Å². The molecule has 19 heavy (non-hydrogen) atoms. The first-order chi connectivity index (χ1) is 9.14. The van der Waals surface area contributed by atoms with Crippen LogP contribution in [-0.4, -0.2) is 41.4 Å². The van der Waals surface area contributed by atoms with Crippen LogP contribution in [-0.2, 0) is 11.3 Å². The number of nitrogens with zero attached hydrogens (tertiary/aromatic N) is 2. The van der Waals surface area contributed by atoms with Crippen LogP contribution in [0.2, 0.25) is 0 Å². The van der Waals surface area contributed by atoms with Crippen molar-refractivity contribution in [1.29, 1.82) is 0 Å². The second kappa shape index (κ2) is 6.15. The number of rotatable bonds is 6.